The van der Waals surface area contributed by atoms with Gasteiger partial charge in [0.2, 0.25) is 11.8 Å². The van der Waals surface area contributed by atoms with E-state index < -0.39 is 30.2 Å². The lowest BCUT2D eigenvalue weighted by atomic mass is 9.85. The second-order valence-corrected chi connectivity index (χ2v) is 10.6. The summed E-state index contributed by atoms with van der Waals surface area (Å²) in [5, 5.41) is 0. The van der Waals surface area contributed by atoms with Crippen LogP contribution in [0.4, 0.5) is 18.9 Å². The van der Waals surface area contributed by atoms with E-state index in [0.717, 1.165) is 25.3 Å². The van der Waals surface area contributed by atoms with Crippen molar-refractivity contribution in [1.29, 1.82) is 0 Å². The van der Waals surface area contributed by atoms with Gasteiger partial charge in [-0.05, 0) is 37.6 Å². The molecule has 7 nitrogen and oxygen atoms in total. The van der Waals surface area contributed by atoms with Crippen molar-refractivity contribution >= 4 is 17.5 Å². The molecule has 3 heterocycles. The molecule has 2 amide bonds. The van der Waals surface area contributed by atoms with Gasteiger partial charge in [-0.2, -0.15) is 13.2 Å². The van der Waals surface area contributed by atoms with Crippen LogP contribution in [0.25, 0.3) is 0 Å². The van der Waals surface area contributed by atoms with Crippen LogP contribution in [-0.4, -0.2) is 102 Å². The minimum Gasteiger partial charge on any atom is -0.339 e. The second-order valence-electron chi connectivity index (χ2n) is 10.6. The van der Waals surface area contributed by atoms with Crippen molar-refractivity contribution in [2.24, 2.45) is 0 Å². The Morgan fingerprint density at radius 3 is 2.21 bits per heavy atom. The van der Waals surface area contributed by atoms with Crippen molar-refractivity contribution in [2.45, 2.75) is 37.1 Å². The number of piperidine rings is 1. The van der Waals surface area contributed by atoms with E-state index in [9.17, 15) is 22.8 Å². The molecule has 38 heavy (non-hydrogen) atoms. The summed E-state index contributed by atoms with van der Waals surface area (Å²) in [6.07, 6.45) is -3.19. The third-order valence-corrected chi connectivity index (χ3v) is 8.22. The van der Waals surface area contributed by atoms with Gasteiger partial charge in [0, 0.05) is 45.0 Å². The van der Waals surface area contributed by atoms with E-state index in [0.29, 0.717) is 12.8 Å². The first-order valence-corrected chi connectivity index (χ1v) is 13.1. The van der Waals surface area contributed by atoms with Crippen LogP contribution in [0, 0.1) is 0 Å². The van der Waals surface area contributed by atoms with Gasteiger partial charge in [0.15, 0.2) is 0 Å². The van der Waals surface area contributed by atoms with Crippen molar-refractivity contribution in [1.82, 2.24) is 19.6 Å². The van der Waals surface area contributed by atoms with E-state index in [2.05, 4.69) is 21.9 Å². The van der Waals surface area contributed by atoms with E-state index in [1.54, 1.807) is 0 Å². The number of anilines is 1. The molecular weight excluding hydrogens is 495 g/mol. The fraction of sp³-hybridized carbons (Fsp3) is 0.500. The lowest BCUT2D eigenvalue weighted by Crippen LogP contribution is -2.60. The summed E-state index contributed by atoms with van der Waals surface area (Å²) >= 11 is 0. The van der Waals surface area contributed by atoms with Crippen molar-refractivity contribution in [3.63, 3.8) is 0 Å². The highest BCUT2D eigenvalue weighted by Gasteiger charge is 2.54. The zero-order valence-corrected chi connectivity index (χ0v) is 21.6. The minimum atomic E-state index is -4.42. The number of para-hydroxylation sites is 1. The van der Waals surface area contributed by atoms with Gasteiger partial charge in [-0.25, -0.2) is 0 Å². The normalized spacial score (nSPS) is 22.9. The second kappa shape index (κ2) is 10.6. The minimum absolute atomic E-state index is 0.115. The predicted octanol–water partition coefficient (Wildman–Crippen LogP) is 3.03. The molecule has 5 rings (SSSR count). The van der Waals surface area contributed by atoms with Crippen LogP contribution in [0.5, 0.6) is 0 Å². The van der Waals surface area contributed by atoms with E-state index in [-0.39, 0.29) is 32.2 Å². The molecule has 2 aromatic carbocycles. The maximum absolute atomic E-state index is 13.9. The Balaban J connectivity index is 1.31. The van der Waals surface area contributed by atoms with E-state index >= 15 is 0 Å². The van der Waals surface area contributed by atoms with Gasteiger partial charge in [-0.15, -0.1) is 0 Å². The third kappa shape index (κ3) is 5.24. The van der Waals surface area contributed by atoms with Crippen LogP contribution in [0.15, 0.2) is 60.7 Å². The average molecular weight is 530 g/mol. The number of carbonyl (C=O) groups excluding carboxylic acids is 2. The molecule has 1 atom stereocenters. The van der Waals surface area contributed by atoms with Crippen LogP contribution in [-0.2, 0) is 16.1 Å². The van der Waals surface area contributed by atoms with E-state index in [1.807, 2.05) is 48.5 Å². The summed E-state index contributed by atoms with van der Waals surface area (Å²) in [5.41, 5.74) is 1.35. The first-order chi connectivity index (χ1) is 18.2. The number of piperazine rings is 1. The van der Waals surface area contributed by atoms with Gasteiger partial charge in [0.25, 0.3) is 0 Å². The monoisotopic (exact) mass is 529 g/mol. The Kier molecular flexibility index (Phi) is 7.37. The fourth-order valence-electron chi connectivity index (χ4n) is 5.96. The Bertz CT molecular complexity index is 1120. The van der Waals surface area contributed by atoms with Gasteiger partial charge in [0.1, 0.15) is 18.1 Å². The summed E-state index contributed by atoms with van der Waals surface area (Å²) < 4.78 is 40.5. The number of amides is 2. The van der Waals surface area contributed by atoms with E-state index in [4.69, 9.17) is 0 Å². The molecule has 0 radical (unpaired) electrons. The number of halogens is 3. The largest absolute Gasteiger partial charge is 0.405 e. The van der Waals surface area contributed by atoms with Crippen LogP contribution in [0.2, 0.25) is 0 Å². The number of benzene rings is 2. The molecule has 3 aliphatic heterocycles. The molecule has 0 N–H and O–H groups in total. The Hall–Kier alpha value is -3.11. The number of likely N-dealkylation sites (N-methyl/N-ethyl adjacent to an activating group) is 1. The molecule has 3 aliphatic rings. The topological polar surface area (TPSA) is 50.3 Å². The zero-order chi connectivity index (χ0) is 26.9. The quantitative estimate of drug-likeness (QED) is 0.596. The maximum atomic E-state index is 13.9. The van der Waals surface area contributed by atoms with E-state index in [1.165, 1.54) is 27.3 Å². The maximum Gasteiger partial charge on any atom is 0.405 e. The molecule has 0 saturated carbocycles. The summed E-state index contributed by atoms with van der Waals surface area (Å²) in [4.78, 5) is 35.6. The Morgan fingerprint density at radius 2 is 1.58 bits per heavy atom. The number of rotatable bonds is 5. The van der Waals surface area contributed by atoms with Crippen molar-refractivity contribution in [3.8, 4) is 0 Å². The highest BCUT2D eigenvalue weighted by Crippen LogP contribution is 2.40. The van der Waals surface area contributed by atoms with Gasteiger partial charge >= 0.3 is 6.18 Å². The lowest BCUT2D eigenvalue weighted by molar-refractivity contribution is -0.194. The van der Waals surface area contributed by atoms with Gasteiger partial charge in [-0.3, -0.25) is 19.4 Å². The Labute approximate surface area is 221 Å². The SMILES string of the molecule is CN1CCN(C(=O)CN2CN(c3ccccc3)C3(CCN(Cc4ccccc4)CC3)C2=O)CC1C(F)(F)F. The molecule has 0 aliphatic carbocycles. The molecule has 0 bridgehead atoms. The summed E-state index contributed by atoms with van der Waals surface area (Å²) in [6, 6.07) is 18.2. The first-order valence-electron chi connectivity index (χ1n) is 13.1. The highest BCUT2D eigenvalue weighted by atomic mass is 19.4. The molecule has 10 heteroatoms. The highest BCUT2D eigenvalue weighted by molar-refractivity contribution is 5.96. The molecule has 3 fully saturated rings. The number of hydrogen-bond donors (Lipinski definition) is 0. The zero-order valence-electron chi connectivity index (χ0n) is 21.6. The molecule has 2 aromatic rings. The Morgan fingerprint density at radius 1 is 0.947 bits per heavy atom. The van der Waals surface area contributed by atoms with Gasteiger partial charge in [0.05, 0.1) is 6.67 Å². The summed E-state index contributed by atoms with van der Waals surface area (Å²) in [6.45, 7) is 2.24. The molecule has 204 valence electrons. The number of nitrogens with zero attached hydrogens (tertiary/aromatic N) is 5. The molecule has 0 aromatic heterocycles. The molecular formula is C28H34F3N5O2. The summed E-state index contributed by atoms with van der Waals surface area (Å²) in [7, 11) is 1.43. The number of carbonyl (C=O) groups is 2. The van der Waals surface area contributed by atoms with Crippen molar-refractivity contribution in [3.05, 3.63) is 66.2 Å². The molecule has 1 unspecified atom stereocenters. The average Bonchev–Trinajstić information content (AvgIpc) is 3.17. The summed E-state index contributed by atoms with van der Waals surface area (Å²) in [5.74, 6) is -0.553. The van der Waals surface area contributed by atoms with Crippen LogP contribution in [0.3, 0.4) is 0 Å². The van der Waals surface area contributed by atoms with Crippen LogP contribution in [0.1, 0.15) is 18.4 Å². The fourth-order valence-corrected chi connectivity index (χ4v) is 5.96. The standard InChI is InChI=1S/C28H34F3N5O2/c1-32-16-17-34(19-24(32)28(29,30)31)25(37)20-35-21-36(23-10-6-3-7-11-23)27(26(35)38)12-14-33(15-13-27)18-22-8-4-2-5-9-22/h2-11,24H,12-21H2,1H3. The predicted molar refractivity (Wildman–Crippen MR) is 138 cm³/mol. The number of alkyl halides is 3. The van der Waals surface area contributed by atoms with Crippen LogP contribution < -0.4 is 4.90 Å². The van der Waals surface area contributed by atoms with Gasteiger partial charge in [-0.1, -0.05) is 48.5 Å². The van der Waals surface area contributed by atoms with Crippen molar-refractivity contribution in [2.75, 3.05) is 57.9 Å². The third-order valence-electron chi connectivity index (χ3n) is 8.22. The first kappa shape index (κ1) is 26.5. The van der Waals surface area contributed by atoms with Crippen molar-refractivity contribution < 1.29 is 22.8 Å². The molecule has 1 spiro atoms. The lowest BCUT2D eigenvalue weighted by Gasteiger charge is -2.43. The van der Waals surface area contributed by atoms with Crippen LogP contribution >= 0.6 is 0 Å². The number of likely N-dealkylation sites (tertiary alicyclic amines) is 1. The number of hydrogen-bond acceptors (Lipinski definition) is 5. The molecule has 3 saturated heterocycles. The van der Waals surface area contributed by atoms with Gasteiger partial charge < -0.3 is 14.7 Å². The smallest absolute Gasteiger partial charge is 0.339 e.